The number of sulfonamides is 1. The summed E-state index contributed by atoms with van der Waals surface area (Å²) >= 11 is 0. The molecule has 0 fully saturated rings. The van der Waals surface area contributed by atoms with Gasteiger partial charge in [-0.15, -0.1) is 0 Å². The van der Waals surface area contributed by atoms with E-state index in [1.54, 1.807) is 12.1 Å². The summed E-state index contributed by atoms with van der Waals surface area (Å²) in [5.74, 6) is 0.239. The van der Waals surface area contributed by atoms with Crippen molar-refractivity contribution in [1.29, 1.82) is 0 Å². The van der Waals surface area contributed by atoms with E-state index >= 15 is 0 Å². The van der Waals surface area contributed by atoms with Crippen LogP contribution in [0.3, 0.4) is 0 Å². The lowest BCUT2D eigenvalue weighted by Gasteiger charge is -2.35. The highest BCUT2D eigenvalue weighted by Gasteiger charge is 2.39. The molecule has 1 aliphatic heterocycles. The quantitative estimate of drug-likeness (QED) is 0.430. The lowest BCUT2D eigenvalue weighted by atomic mass is 9.95. The number of carbonyl (C=O) groups is 1. The van der Waals surface area contributed by atoms with Gasteiger partial charge in [-0.25, -0.2) is 13.4 Å². The molecule has 8 nitrogen and oxygen atoms in total. The number of ether oxygens (including phenoxy) is 1. The van der Waals surface area contributed by atoms with E-state index in [9.17, 15) is 13.2 Å². The molecule has 3 heterocycles. The topological polar surface area (TPSA) is 93.0 Å². The van der Waals surface area contributed by atoms with Crippen LogP contribution in [0, 0.1) is 0 Å². The number of pyridine rings is 1. The van der Waals surface area contributed by atoms with E-state index in [4.69, 9.17) is 4.74 Å². The predicted molar refractivity (Wildman–Crippen MR) is 131 cm³/mol. The van der Waals surface area contributed by atoms with Gasteiger partial charge in [0.05, 0.1) is 23.7 Å². The zero-order valence-electron chi connectivity index (χ0n) is 19.3. The Labute approximate surface area is 204 Å². The van der Waals surface area contributed by atoms with Crippen LogP contribution in [-0.4, -0.2) is 40.7 Å². The number of rotatable bonds is 7. The van der Waals surface area contributed by atoms with Gasteiger partial charge >= 0.3 is 0 Å². The Balaban J connectivity index is 1.41. The summed E-state index contributed by atoms with van der Waals surface area (Å²) in [7, 11) is -3.94. The summed E-state index contributed by atoms with van der Waals surface area (Å²) in [6, 6.07) is 18.7. The first-order valence-corrected chi connectivity index (χ1v) is 12.9. The molecular formula is C26H26N4O4S. The Morgan fingerprint density at radius 1 is 1.06 bits per heavy atom. The zero-order chi connectivity index (χ0) is 24.4. The minimum Gasteiger partial charge on any atom is -0.494 e. The van der Waals surface area contributed by atoms with Gasteiger partial charge in [0.2, 0.25) is 15.9 Å². The molecule has 0 unspecified atom stereocenters. The van der Waals surface area contributed by atoms with Crippen molar-refractivity contribution >= 4 is 21.6 Å². The fourth-order valence-corrected chi connectivity index (χ4v) is 5.92. The number of aromatic nitrogens is 2. The molecule has 2 aromatic carbocycles. The third-order valence-electron chi connectivity index (χ3n) is 6.11. The maximum absolute atomic E-state index is 13.7. The number of nitrogens with one attached hydrogen (secondary N) is 1. The molecule has 1 amide bonds. The van der Waals surface area contributed by atoms with Crippen molar-refractivity contribution in [2.75, 3.05) is 6.61 Å². The number of fused-ring (bicyclic) bond motifs is 2. The van der Waals surface area contributed by atoms with E-state index < -0.39 is 16.1 Å². The summed E-state index contributed by atoms with van der Waals surface area (Å²) in [6.45, 7) is 2.68. The minimum absolute atomic E-state index is 0.123. The molecule has 4 aromatic rings. The number of carbonyl (C=O) groups excluding carboxylic acids is 1. The van der Waals surface area contributed by atoms with Crippen molar-refractivity contribution in [3.63, 3.8) is 0 Å². The van der Waals surface area contributed by atoms with Gasteiger partial charge in [0.25, 0.3) is 0 Å². The second-order valence-corrected chi connectivity index (χ2v) is 10.3. The van der Waals surface area contributed by atoms with Crippen molar-refractivity contribution in [3.8, 4) is 5.75 Å². The first-order valence-electron chi connectivity index (χ1n) is 11.5. The lowest BCUT2D eigenvalue weighted by molar-refractivity contribution is -0.125. The van der Waals surface area contributed by atoms with Gasteiger partial charge in [-0.1, -0.05) is 30.3 Å². The Morgan fingerprint density at radius 2 is 1.80 bits per heavy atom. The van der Waals surface area contributed by atoms with Gasteiger partial charge in [-0.2, -0.15) is 4.31 Å². The number of nitrogens with zero attached hydrogens (tertiary/aromatic N) is 3. The van der Waals surface area contributed by atoms with Crippen LogP contribution in [0.15, 0.2) is 84.0 Å². The van der Waals surface area contributed by atoms with Crippen LogP contribution in [0.5, 0.6) is 5.75 Å². The first-order chi connectivity index (χ1) is 17.0. The monoisotopic (exact) mass is 490 g/mol. The summed E-state index contributed by atoms with van der Waals surface area (Å²) in [6.07, 6.45) is 4.03. The fraction of sp³-hybridized carbons (Fsp3) is 0.231. The smallest absolute Gasteiger partial charge is 0.244 e. The van der Waals surface area contributed by atoms with Gasteiger partial charge in [0, 0.05) is 18.9 Å². The van der Waals surface area contributed by atoms with Crippen LogP contribution < -0.4 is 10.1 Å². The van der Waals surface area contributed by atoms with Crippen LogP contribution in [-0.2, 0) is 34.3 Å². The average Bonchev–Trinajstić information content (AvgIpc) is 3.30. The molecule has 9 heteroatoms. The molecule has 0 radical (unpaired) electrons. The number of imidazole rings is 1. The molecule has 35 heavy (non-hydrogen) atoms. The molecule has 180 valence electrons. The van der Waals surface area contributed by atoms with Crippen LogP contribution in [0.4, 0.5) is 0 Å². The Morgan fingerprint density at radius 3 is 2.54 bits per heavy atom. The zero-order valence-corrected chi connectivity index (χ0v) is 20.1. The van der Waals surface area contributed by atoms with Crippen molar-refractivity contribution in [2.45, 2.75) is 37.4 Å². The summed E-state index contributed by atoms with van der Waals surface area (Å²) in [5.41, 5.74) is 3.34. The lowest BCUT2D eigenvalue weighted by Crippen LogP contribution is -2.52. The van der Waals surface area contributed by atoms with Crippen LogP contribution in [0.25, 0.3) is 5.65 Å². The van der Waals surface area contributed by atoms with Crippen LogP contribution in [0.2, 0.25) is 0 Å². The van der Waals surface area contributed by atoms with E-state index in [1.165, 1.54) is 16.4 Å². The third kappa shape index (κ3) is 4.65. The molecule has 1 aliphatic rings. The summed E-state index contributed by atoms with van der Waals surface area (Å²) in [4.78, 5) is 18.0. The predicted octanol–water partition coefficient (Wildman–Crippen LogP) is 3.17. The minimum atomic E-state index is -3.94. The van der Waals surface area contributed by atoms with Gasteiger partial charge in [-0.05, 0) is 60.9 Å². The van der Waals surface area contributed by atoms with Crippen LogP contribution in [0.1, 0.15) is 23.7 Å². The van der Waals surface area contributed by atoms with Crippen molar-refractivity contribution in [2.24, 2.45) is 0 Å². The normalized spacial score (nSPS) is 16.1. The van der Waals surface area contributed by atoms with Crippen molar-refractivity contribution in [1.82, 2.24) is 19.0 Å². The van der Waals surface area contributed by atoms with E-state index in [2.05, 4.69) is 10.3 Å². The molecule has 0 saturated carbocycles. The second-order valence-electron chi connectivity index (χ2n) is 8.36. The Hall–Kier alpha value is -3.69. The summed E-state index contributed by atoms with van der Waals surface area (Å²) in [5, 5.41) is 2.90. The maximum Gasteiger partial charge on any atom is 0.244 e. The highest BCUT2D eigenvalue weighted by Crippen LogP contribution is 2.30. The highest BCUT2D eigenvalue weighted by atomic mass is 32.2. The molecule has 5 rings (SSSR count). The van der Waals surface area contributed by atoms with E-state index in [-0.39, 0.29) is 23.9 Å². The van der Waals surface area contributed by atoms with E-state index in [0.29, 0.717) is 24.5 Å². The molecule has 0 bridgehead atoms. The number of amides is 1. The Kier molecular flexibility index (Phi) is 6.27. The maximum atomic E-state index is 13.7. The molecule has 0 aliphatic carbocycles. The second kappa shape index (κ2) is 9.52. The molecule has 1 atom stereocenters. The highest BCUT2D eigenvalue weighted by molar-refractivity contribution is 7.89. The van der Waals surface area contributed by atoms with Gasteiger partial charge in [-0.3, -0.25) is 4.79 Å². The molecule has 2 aromatic heterocycles. The molecule has 1 N–H and O–H groups in total. The van der Waals surface area contributed by atoms with Gasteiger partial charge < -0.3 is 14.5 Å². The Bertz CT molecular complexity index is 1430. The van der Waals surface area contributed by atoms with Crippen LogP contribution >= 0.6 is 0 Å². The standard InChI is InChI=1S/C26H26N4O4S/c1-2-34-22-10-12-23(13-11-22)35(32,33)30-17-20-8-4-3-7-19(20)15-24(30)26(31)27-16-21-18-29-14-6-5-9-25(29)28-21/h3-14,18,24H,2,15-17H2,1H3,(H,27,31)/t24-/m1/s1. The SMILES string of the molecule is CCOc1ccc(S(=O)(=O)N2Cc3ccccc3C[C@@H]2C(=O)NCc2cn3ccccc3n2)cc1. The largest absolute Gasteiger partial charge is 0.494 e. The fourth-order valence-electron chi connectivity index (χ4n) is 4.35. The van der Waals surface area contributed by atoms with Gasteiger partial charge in [0.1, 0.15) is 17.4 Å². The molecule has 0 saturated heterocycles. The van der Waals surface area contributed by atoms with E-state index in [0.717, 1.165) is 16.8 Å². The van der Waals surface area contributed by atoms with Gasteiger partial charge in [0.15, 0.2) is 0 Å². The molecule has 0 spiro atoms. The third-order valence-corrected chi connectivity index (χ3v) is 7.98. The number of benzene rings is 2. The summed E-state index contributed by atoms with van der Waals surface area (Å²) < 4.78 is 35.9. The number of hydrogen-bond donors (Lipinski definition) is 1. The van der Waals surface area contributed by atoms with E-state index in [1.807, 2.05) is 66.2 Å². The average molecular weight is 491 g/mol. The van der Waals surface area contributed by atoms with Crippen molar-refractivity contribution in [3.05, 3.63) is 95.9 Å². The molecular weight excluding hydrogens is 464 g/mol. The number of hydrogen-bond acceptors (Lipinski definition) is 5. The van der Waals surface area contributed by atoms with Crippen molar-refractivity contribution < 1.29 is 17.9 Å². The first kappa shape index (κ1) is 23.1.